The van der Waals surface area contributed by atoms with E-state index in [1.165, 1.54) is 0 Å². The Morgan fingerprint density at radius 3 is 3.00 bits per heavy atom. The van der Waals surface area contributed by atoms with E-state index >= 15 is 0 Å². The minimum Gasteiger partial charge on any atom is -0.255 e. The van der Waals surface area contributed by atoms with E-state index in [1.807, 2.05) is 12.1 Å². The summed E-state index contributed by atoms with van der Waals surface area (Å²) < 4.78 is 11.9. The van der Waals surface area contributed by atoms with E-state index in [0.29, 0.717) is 0 Å². The third kappa shape index (κ3) is 1.91. The zero-order chi connectivity index (χ0) is 6.69. The van der Waals surface area contributed by atoms with Gasteiger partial charge < -0.3 is 0 Å². The van der Waals surface area contributed by atoms with Crippen molar-refractivity contribution in [3.8, 4) is 0 Å². The predicted octanol–water partition coefficient (Wildman–Crippen LogP) is 0.412. The fourth-order valence-electron chi connectivity index (χ4n) is 0.974. The smallest absolute Gasteiger partial charge is 0.0935 e. The molecule has 1 atom stereocenters. The van der Waals surface area contributed by atoms with Crippen molar-refractivity contribution < 1.29 is 4.39 Å². The van der Waals surface area contributed by atoms with Crippen molar-refractivity contribution in [2.45, 2.75) is 6.42 Å². The molecule has 1 unspecified atom stereocenters. The Kier molecular flexibility index (Phi) is 2.42. The molecule has 1 heterocycles. The fourth-order valence-corrected chi connectivity index (χ4v) is 0.974. The summed E-state index contributed by atoms with van der Waals surface area (Å²) in [5, 5.41) is 2.01. The molecule has 1 rings (SSSR count). The van der Waals surface area contributed by atoms with Gasteiger partial charge in [0.05, 0.1) is 6.67 Å². The Hall–Kier alpha value is -0.150. The molecule has 1 fully saturated rings. The highest BCUT2D eigenvalue weighted by molar-refractivity contribution is 4.66. The van der Waals surface area contributed by atoms with Crippen LogP contribution < -0.4 is 5.43 Å². The molecule has 0 aromatic carbocycles. The van der Waals surface area contributed by atoms with Crippen LogP contribution in [-0.4, -0.2) is 31.8 Å². The quantitative estimate of drug-likeness (QED) is 0.556. The summed E-state index contributed by atoms with van der Waals surface area (Å²) in [6, 6.07) is 0. The largest absolute Gasteiger partial charge is 0.255 e. The van der Waals surface area contributed by atoms with Crippen LogP contribution in [-0.2, 0) is 0 Å². The molecule has 0 aromatic heterocycles. The van der Waals surface area contributed by atoms with E-state index in [-0.39, 0.29) is 12.6 Å². The Morgan fingerprint density at radius 1 is 1.78 bits per heavy atom. The SMILES string of the molecule is CN1CCC(CF)CN1. The average Bonchev–Trinajstić information content (AvgIpc) is 1.90. The van der Waals surface area contributed by atoms with Gasteiger partial charge in [-0.05, 0) is 6.42 Å². The van der Waals surface area contributed by atoms with E-state index in [1.54, 1.807) is 0 Å². The maximum Gasteiger partial charge on any atom is 0.0935 e. The second-order valence-electron chi connectivity index (χ2n) is 2.59. The lowest BCUT2D eigenvalue weighted by Crippen LogP contribution is -2.44. The predicted molar refractivity (Wildman–Crippen MR) is 34.7 cm³/mol. The van der Waals surface area contributed by atoms with Crippen LogP contribution >= 0.6 is 0 Å². The first-order valence-corrected chi connectivity index (χ1v) is 3.33. The van der Waals surface area contributed by atoms with Gasteiger partial charge in [0.2, 0.25) is 0 Å². The molecular formula is C6H13FN2. The number of rotatable bonds is 1. The van der Waals surface area contributed by atoms with Crippen molar-refractivity contribution in [3.63, 3.8) is 0 Å². The Labute approximate surface area is 55.0 Å². The van der Waals surface area contributed by atoms with Crippen LogP contribution in [0.5, 0.6) is 0 Å². The van der Waals surface area contributed by atoms with E-state index in [9.17, 15) is 4.39 Å². The van der Waals surface area contributed by atoms with Crippen LogP contribution in [0.4, 0.5) is 4.39 Å². The minimum atomic E-state index is -0.180. The van der Waals surface area contributed by atoms with Crippen molar-refractivity contribution in [3.05, 3.63) is 0 Å². The third-order valence-corrected chi connectivity index (χ3v) is 1.74. The molecular weight excluding hydrogens is 119 g/mol. The van der Waals surface area contributed by atoms with Gasteiger partial charge in [-0.3, -0.25) is 9.82 Å². The molecule has 1 N–H and O–H groups in total. The van der Waals surface area contributed by atoms with Gasteiger partial charge in [-0.25, -0.2) is 5.01 Å². The summed E-state index contributed by atoms with van der Waals surface area (Å²) in [5.41, 5.74) is 3.08. The molecule has 1 saturated heterocycles. The molecule has 2 nitrogen and oxygen atoms in total. The van der Waals surface area contributed by atoms with Crippen LogP contribution in [0.3, 0.4) is 0 Å². The first kappa shape index (κ1) is 6.96. The Balaban J connectivity index is 2.18. The van der Waals surface area contributed by atoms with E-state index in [0.717, 1.165) is 19.5 Å². The molecule has 9 heavy (non-hydrogen) atoms. The van der Waals surface area contributed by atoms with Gasteiger partial charge in [0.25, 0.3) is 0 Å². The molecule has 1 aliphatic heterocycles. The highest BCUT2D eigenvalue weighted by Gasteiger charge is 2.14. The molecule has 54 valence electrons. The van der Waals surface area contributed by atoms with Gasteiger partial charge in [0.15, 0.2) is 0 Å². The van der Waals surface area contributed by atoms with Gasteiger partial charge in [-0.2, -0.15) is 0 Å². The molecule has 0 aliphatic carbocycles. The number of alkyl halides is 1. The van der Waals surface area contributed by atoms with E-state index < -0.39 is 0 Å². The zero-order valence-electron chi connectivity index (χ0n) is 5.73. The lowest BCUT2D eigenvalue weighted by Gasteiger charge is -2.28. The van der Waals surface area contributed by atoms with Gasteiger partial charge >= 0.3 is 0 Å². The molecule has 0 spiro atoms. The second kappa shape index (κ2) is 3.13. The van der Waals surface area contributed by atoms with Crippen molar-refractivity contribution in [2.75, 3.05) is 26.8 Å². The normalized spacial score (nSPS) is 30.7. The molecule has 0 saturated carbocycles. The first-order valence-electron chi connectivity index (χ1n) is 3.33. The fraction of sp³-hybridized carbons (Fsp3) is 1.00. The summed E-state index contributed by atoms with van der Waals surface area (Å²) >= 11 is 0. The maximum absolute atomic E-state index is 11.9. The summed E-state index contributed by atoms with van der Waals surface area (Å²) in [7, 11) is 1.98. The lowest BCUT2D eigenvalue weighted by atomic mass is 10.1. The number of halogens is 1. The Morgan fingerprint density at radius 2 is 2.56 bits per heavy atom. The lowest BCUT2D eigenvalue weighted by molar-refractivity contribution is 0.138. The second-order valence-corrected chi connectivity index (χ2v) is 2.59. The summed E-state index contributed by atoms with van der Waals surface area (Å²) in [6.45, 7) is 1.59. The number of hydrogen-bond acceptors (Lipinski definition) is 2. The molecule has 3 heteroatoms. The standard InChI is InChI=1S/C6H13FN2/c1-9-3-2-6(4-7)5-8-9/h6,8H,2-5H2,1H3. The van der Waals surface area contributed by atoms with Crippen molar-refractivity contribution in [2.24, 2.45) is 5.92 Å². The van der Waals surface area contributed by atoms with Crippen molar-refractivity contribution >= 4 is 0 Å². The van der Waals surface area contributed by atoms with Crippen molar-refractivity contribution in [1.29, 1.82) is 0 Å². The summed E-state index contributed by atoms with van der Waals surface area (Å²) in [4.78, 5) is 0. The summed E-state index contributed by atoms with van der Waals surface area (Å²) in [5.74, 6) is 0.251. The highest BCUT2D eigenvalue weighted by atomic mass is 19.1. The van der Waals surface area contributed by atoms with E-state index in [2.05, 4.69) is 5.43 Å². The zero-order valence-corrected chi connectivity index (χ0v) is 5.73. The molecule has 0 radical (unpaired) electrons. The number of nitrogens with one attached hydrogen (secondary N) is 1. The molecule has 0 amide bonds. The van der Waals surface area contributed by atoms with E-state index in [4.69, 9.17) is 0 Å². The van der Waals surface area contributed by atoms with Gasteiger partial charge in [0.1, 0.15) is 0 Å². The van der Waals surface area contributed by atoms with Crippen LogP contribution in [0, 0.1) is 5.92 Å². The van der Waals surface area contributed by atoms with Crippen LogP contribution in [0.15, 0.2) is 0 Å². The van der Waals surface area contributed by atoms with Crippen molar-refractivity contribution in [1.82, 2.24) is 10.4 Å². The van der Waals surface area contributed by atoms with Gasteiger partial charge in [-0.15, -0.1) is 0 Å². The molecule has 0 aromatic rings. The molecule has 1 aliphatic rings. The number of nitrogens with zero attached hydrogens (tertiary/aromatic N) is 1. The Bertz CT molecular complexity index is 79.1. The first-order chi connectivity index (χ1) is 4.33. The minimum absolute atomic E-state index is 0.180. The van der Waals surface area contributed by atoms with Gasteiger partial charge in [-0.1, -0.05) is 0 Å². The molecule has 0 bridgehead atoms. The monoisotopic (exact) mass is 132 g/mol. The average molecular weight is 132 g/mol. The maximum atomic E-state index is 11.9. The number of hydrazine groups is 1. The topological polar surface area (TPSA) is 15.3 Å². The number of hydrogen-bond donors (Lipinski definition) is 1. The highest BCUT2D eigenvalue weighted by Crippen LogP contribution is 2.07. The van der Waals surface area contributed by atoms with Crippen LogP contribution in [0.1, 0.15) is 6.42 Å². The van der Waals surface area contributed by atoms with Crippen LogP contribution in [0.2, 0.25) is 0 Å². The van der Waals surface area contributed by atoms with Crippen LogP contribution in [0.25, 0.3) is 0 Å². The third-order valence-electron chi connectivity index (χ3n) is 1.74. The summed E-state index contributed by atoms with van der Waals surface area (Å²) in [6.07, 6.45) is 0.986. The van der Waals surface area contributed by atoms with Gasteiger partial charge in [0, 0.05) is 26.1 Å².